The standard InChI is InChI=1S/C22H20N2O3/c25-21(24-13-10-17-6-1-2-7-19(17)15-24)16-27-22(26)18-8-5-9-20(14-18)23-11-3-4-12-23/h1-9,11-12,14H,10,13,15-16H2. The average molecular weight is 360 g/mol. The molecular formula is C22H20N2O3. The van der Waals surface area contributed by atoms with E-state index in [4.69, 9.17) is 4.74 Å². The first-order valence-electron chi connectivity index (χ1n) is 8.96. The van der Waals surface area contributed by atoms with Gasteiger partial charge in [-0.15, -0.1) is 0 Å². The number of benzene rings is 2. The zero-order chi connectivity index (χ0) is 18.6. The van der Waals surface area contributed by atoms with Gasteiger partial charge < -0.3 is 14.2 Å². The largest absolute Gasteiger partial charge is 0.452 e. The molecule has 0 saturated heterocycles. The van der Waals surface area contributed by atoms with Crippen LogP contribution in [0.2, 0.25) is 0 Å². The summed E-state index contributed by atoms with van der Waals surface area (Å²) in [6.45, 7) is 0.973. The van der Waals surface area contributed by atoms with Crippen molar-refractivity contribution in [1.82, 2.24) is 9.47 Å². The fraction of sp³-hybridized carbons (Fsp3) is 0.182. The van der Waals surface area contributed by atoms with E-state index in [2.05, 4.69) is 6.07 Å². The highest BCUT2D eigenvalue weighted by molar-refractivity contribution is 5.91. The van der Waals surface area contributed by atoms with Crippen molar-refractivity contribution < 1.29 is 14.3 Å². The van der Waals surface area contributed by atoms with Crippen LogP contribution in [-0.2, 0) is 22.5 Å². The van der Waals surface area contributed by atoms with Crippen molar-refractivity contribution >= 4 is 11.9 Å². The molecule has 4 rings (SSSR count). The van der Waals surface area contributed by atoms with Gasteiger partial charge in [-0.3, -0.25) is 4.79 Å². The summed E-state index contributed by atoms with van der Waals surface area (Å²) in [6, 6.07) is 19.1. The third-order valence-electron chi connectivity index (χ3n) is 4.79. The number of carbonyl (C=O) groups is 2. The minimum Gasteiger partial charge on any atom is -0.452 e. The van der Waals surface area contributed by atoms with E-state index in [9.17, 15) is 9.59 Å². The van der Waals surface area contributed by atoms with Crippen LogP contribution in [0.5, 0.6) is 0 Å². The molecule has 0 bridgehead atoms. The van der Waals surface area contributed by atoms with E-state index in [0.29, 0.717) is 18.7 Å². The van der Waals surface area contributed by atoms with Gasteiger partial charge in [-0.25, -0.2) is 4.79 Å². The molecular weight excluding hydrogens is 340 g/mol. The van der Waals surface area contributed by atoms with Crippen molar-refractivity contribution in [2.45, 2.75) is 13.0 Å². The zero-order valence-electron chi connectivity index (χ0n) is 14.9. The molecule has 27 heavy (non-hydrogen) atoms. The van der Waals surface area contributed by atoms with Crippen LogP contribution in [-0.4, -0.2) is 34.5 Å². The summed E-state index contributed by atoms with van der Waals surface area (Å²) in [5, 5.41) is 0. The number of ether oxygens (including phenoxy) is 1. The molecule has 1 aliphatic heterocycles. The van der Waals surface area contributed by atoms with E-state index in [0.717, 1.165) is 17.7 Å². The fourth-order valence-electron chi connectivity index (χ4n) is 3.31. The smallest absolute Gasteiger partial charge is 0.338 e. The minimum atomic E-state index is -0.491. The summed E-state index contributed by atoms with van der Waals surface area (Å²) in [7, 11) is 0. The van der Waals surface area contributed by atoms with Gasteiger partial charge in [0.25, 0.3) is 5.91 Å². The van der Waals surface area contributed by atoms with Crippen molar-refractivity contribution in [3.05, 3.63) is 89.7 Å². The third-order valence-corrected chi connectivity index (χ3v) is 4.79. The van der Waals surface area contributed by atoms with E-state index >= 15 is 0 Å². The van der Waals surface area contributed by atoms with Crippen LogP contribution in [0.4, 0.5) is 0 Å². The number of carbonyl (C=O) groups excluding carboxylic acids is 2. The summed E-state index contributed by atoms with van der Waals surface area (Å²) < 4.78 is 7.17. The normalized spacial score (nSPS) is 13.1. The lowest BCUT2D eigenvalue weighted by Gasteiger charge is -2.28. The number of rotatable bonds is 4. The highest BCUT2D eigenvalue weighted by atomic mass is 16.5. The molecule has 1 aliphatic rings. The molecule has 0 fully saturated rings. The second kappa shape index (κ2) is 7.50. The van der Waals surface area contributed by atoms with Gasteiger partial charge in [-0.2, -0.15) is 0 Å². The van der Waals surface area contributed by atoms with Crippen LogP contribution in [0, 0.1) is 0 Å². The van der Waals surface area contributed by atoms with Crippen LogP contribution in [0.15, 0.2) is 73.1 Å². The third kappa shape index (κ3) is 3.77. The van der Waals surface area contributed by atoms with Crippen molar-refractivity contribution in [1.29, 1.82) is 0 Å². The number of hydrogen-bond acceptors (Lipinski definition) is 3. The minimum absolute atomic E-state index is 0.167. The van der Waals surface area contributed by atoms with Crippen LogP contribution < -0.4 is 0 Å². The lowest BCUT2D eigenvalue weighted by Crippen LogP contribution is -2.38. The average Bonchev–Trinajstić information content (AvgIpc) is 3.26. The summed E-state index contributed by atoms with van der Waals surface area (Å²) in [6.07, 6.45) is 4.64. The first-order valence-corrected chi connectivity index (χ1v) is 8.96. The molecule has 0 N–H and O–H groups in total. The maximum Gasteiger partial charge on any atom is 0.338 e. The van der Waals surface area contributed by atoms with Crippen molar-refractivity contribution in [2.24, 2.45) is 0 Å². The van der Waals surface area contributed by atoms with Gasteiger partial charge in [0.2, 0.25) is 0 Å². The zero-order valence-corrected chi connectivity index (χ0v) is 14.9. The van der Waals surface area contributed by atoms with Gasteiger partial charge in [-0.1, -0.05) is 30.3 Å². The summed E-state index contributed by atoms with van der Waals surface area (Å²) >= 11 is 0. The molecule has 5 heteroatoms. The number of hydrogen-bond donors (Lipinski definition) is 0. The second-order valence-electron chi connectivity index (χ2n) is 6.55. The Morgan fingerprint density at radius 2 is 1.70 bits per heavy atom. The molecule has 0 unspecified atom stereocenters. The van der Waals surface area contributed by atoms with Gasteiger partial charge >= 0.3 is 5.97 Å². The monoisotopic (exact) mass is 360 g/mol. The molecule has 3 aromatic rings. The molecule has 0 atom stereocenters. The molecule has 2 heterocycles. The molecule has 0 aliphatic carbocycles. The van der Waals surface area contributed by atoms with E-state index < -0.39 is 5.97 Å². The van der Waals surface area contributed by atoms with Crippen LogP contribution in [0.25, 0.3) is 5.69 Å². The van der Waals surface area contributed by atoms with E-state index in [1.807, 2.05) is 53.4 Å². The highest BCUT2D eigenvalue weighted by Gasteiger charge is 2.21. The molecule has 0 saturated carbocycles. The predicted molar refractivity (Wildman–Crippen MR) is 102 cm³/mol. The van der Waals surface area contributed by atoms with Gasteiger partial charge in [-0.05, 0) is 47.9 Å². The maximum atomic E-state index is 12.4. The Kier molecular flexibility index (Phi) is 4.75. The van der Waals surface area contributed by atoms with Crippen molar-refractivity contribution in [3.8, 4) is 5.69 Å². The Morgan fingerprint density at radius 3 is 2.52 bits per heavy atom. The number of nitrogens with zero attached hydrogens (tertiary/aromatic N) is 2. The summed E-state index contributed by atoms with van der Waals surface area (Å²) in [5.41, 5.74) is 3.73. The summed E-state index contributed by atoms with van der Waals surface area (Å²) in [5.74, 6) is -0.658. The molecule has 2 aromatic carbocycles. The molecule has 1 amide bonds. The van der Waals surface area contributed by atoms with E-state index in [1.165, 1.54) is 5.56 Å². The van der Waals surface area contributed by atoms with Gasteiger partial charge in [0.05, 0.1) is 5.56 Å². The highest BCUT2D eigenvalue weighted by Crippen LogP contribution is 2.18. The Hall–Kier alpha value is -3.34. The van der Waals surface area contributed by atoms with E-state index in [1.54, 1.807) is 23.1 Å². The first-order chi connectivity index (χ1) is 13.2. The Balaban J connectivity index is 1.37. The lowest BCUT2D eigenvalue weighted by molar-refractivity contribution is -0.135. The topological polar surface area (TPSA) is 51.5 Å². The number of fused-ring (bicyclic) bond motifs is 1. The van der Waals surface area contributed by atoms with E-state index in [-0.39, 0.29) is 12.5 Å². The van der Waals surface area contributed by atoms with Gasteiger partial charge in [0.15, 0.2) is 6.61 Å². The Bertz CT molecular complexity index is 963. The molecule has 1 aromatic heterocycles. The lowest BCUT2D eigenvalue weighted by atomic mass is 10.00. The quantitative estimate of drug-likeness (QED) is 0.671. The van der Waals surface area contributed by atoms with Crippen molar-refractivity contribution in [3.63, 3.8) is 0 Å². The Morgan fingerprint density at radius 1 is 0.926 bits per heavy atom. The Labute approximate surface area is 157 Å². The SMILES string of the molecule is O=C(OCC(=O)N1CCc2ccccc2C1)c1cccc(-n2cccc2)c1. The number of amides is 1. The van der Waals surface area contributed by atoms with Crippen LogP contribution in [0.1, 0.15) is 21.5 Å². The molecule has 0 radical (unpaired) electrons. The first kappa shape index (κ1) is 17.1. The predicted octanol–water partition coefficient (Wildman–Crippen LogP) is 3.22. The number of esters is 1. The second-order valence-corrected chi connectivity index (χ2v) is 6.55. The molecule has 0 spiro atoms. The van der Waals surface area contributed by atoms with Gasteiger partial charge in [0.1, 0.15) is 0 Å². The maximum absolute atomic E-state index is 12.4. The van der Waals surface area contributed by atoms with Gasteiger partial charge in [0, 0.05) is 31.2 Å². The van der Waals surface area contributed by atoms with Crippen molar-refractivity contribution in [2.75, 3.05) is 13.2 Å². The van der Waals surface area contributed by atoms with Crippen LogP contribution >= 0.6 is 0 Å². The number of aromatic nitrogens is 1. The van der Waals surface area contributed by atoms with Crippen LogP contribution in [0.3, 0.4) is 0 Å². The fourth-order valence-corrected chi connectivity index (χ4v) is 3.31. The molecule has 136 valence electrons. The molecule has 5 nitrogen and oxygen atoms in total. The summed E-state index contributed by atoms with van der Waals surface area (Å²) in [4.78, 5) is 26.5.